The molecule has 6 aromatic carbocycles. The number of hydrogen-bond donors (Lipinski definition) is 0. The zero-order valence-electron chi connectivity index (χ0n) is 29.6. The van der Waals surface area contributed by atoms with Crippen LogP contribution < -0.4 is 9.64 Å². The molecule has 2 fully saturated rings. The van der Waals surface area contributed by atoms with E-state index in [0.717, 1.165) is 58.3 Å². The zero-order chi connectivity index (χ0) is 34.6. The Balaban J connectivity index is 1.10. The van der Waals surface area contributed by atoms with E-state index in [-0.39, 0.29) is 0 Å². The Hall–Kier alpha value is -5.34. The van der Waals surface area contributed by atoms with E-state index in [2.05, 4.69) is 176 Å². The number of anilines is 3. The highest BCUT2D eigenvalue weighted by Gasteiger charge is 2.39. The maximum atomic E-state index is 6.80. The van der Waals surface area contributed by atoms with Crippen LogP contribution in [0.1, 0.15) is 43.2 Å². The van der Waals surface area contributed by atoms with Crippen LogP contribution in [-0.4, -0.2) is 0 Å². The van der Waals surface area contributed by atoms with E-state index in [4.69, 9.17) is 4.74 Å². The minimum Gasteiger partial charge on any atom is -0.457 e. The standard InChI is InChI=1S/C49H47NO/c1-3-36-31-41-20-12-21-42(32-36)47(41)34-43-18-10-11-23-49(43)51-48-29-28-46(30-35(48)2)50(44-26-24-39(25-27-44)37-14-6-4-7-15-37)45-22-13-19-40(33-45)38-16-8-5-9-17-38/h3-11,13-19,22-30,33,36,41-42,47H,1,12,20-21,31-32,34H2,2H3/t36?,41-,42?,47?/m0/s1. The summed E-state index contributed by atoms with van der Waals surface area (Å²) in [4.78, 5) is 2.35. The fraction of sp³-hybridized carbons (Fsp3) is 0.224. The fourth-order valence-electron chi connectivity index (χ4n) is 8.81. The minimum atomic E-state index is 0.686. The predicted molar refractivity (Wildman–Crippen MR) is 214 cm³/mol. The molecule has 2 nitrogen and oxygen atoms in total. The van der Waals surface area contributed by atoms with Crippen LogP contribution in [0.25, 0.3) is 22.3 Å². The normalized spacial score (nSPS) is 19.6. The van der Waals surface area contributed by atoms with Gasteiger partial charge in [-0.15, -0.1) is 6.58 Å². The lowest BCUT2D eigenvalue weighted by atomic mass is 9.60. The van der Waals surface area contributed by atoms with Crippen LogP contribution in [0.5, 0.6) is 11.5 Å². The van der Waals surface area contributed by atoms with Crippen LogP contribution in [0.3, 0.4) is 0 Å². The van der Waals surface area contributed by atoms with Crippen molar-refractivity contribution in [2.24, 2.45) is 23.7 Å². The van der Waals surface area contributed by atoms with E-state index < -0.39 is 0 Å². The third-order valence-corrected chi connectivity index (χ3v) is 11.4. The van der Waals surface area contributed by atoms with Crippen molar-refractivity contribution in [1.82, 2.24) is 0 Å². The highest BCUT2D eigenvalue weighted by atomic mass is 16.5. The van der Waals surface area contributed by atoms with Crippen molar-refractivity contribution in [3.05, 3.63) is 175 Å². The first-order chi connectivity index (χ1) is 25.1. The van der Waals surface area contributed by atoms with Crippen LogP contribution in [0, 0.1) is 30.6 Å². The summed E-state index contributed by atoms with van der Waals surface area (Å²) in [6, 6.07) is 54.2. The van der Waals surface area contributed by atoms with Gasteiger partial charge in [-0.25, -0.2) is 0 Å². The molecule has 51 heavy (non-hydrogen) atoms. The summed E-state index contributed by atoms with van der Waals surface area (Å²) in [5.41, 5.74) is 10.6. The number of hydrogen-bond acceptors (Lipinski definition) is 2. The second kappa shape index (κ2) is 14.9. The Labute approximate surface area is 304 Å². The summed E-state index contributed by atoms with van der Waals surface area (Å²) in [5.74, 6) is 4.90. The smallest absolute Gasteiger partial charge is 0.130 e. The summed E-state index contributed by atoms with van der Waals surface area (Å²) < 4.78 is 6.80. The highest BCUT2D eigenvalue weighted by molar-refractivity contribution is 5.81. The lowest BCUT2D eigenvalue weighted by Crippen LogP contribution is -2.37. The monoisotopic (exact) mass is 665 g/mol. The molecule has 0 amide bonds. The van der Waals surface area contributed by atoms with Crippen LogP contribution >= 0.6 is 0 Å². The predicted octanol–water partition coefficient (Wildman–Crippen LogP) is 13.8. The molecule has 8 rings (SSSR count). The van der Waals surface area contributed by atoms with Crippen LogP contribution in [0.2, 0.25) is 0 Å². The van der Waals surface area contributed by atoms with E-state index in [1.54, 1.807) is 0 Å². The molecule has 0 radical (unpaired) electrons. The van der Waals surface area contributed by atoms with Crippen molar-refractivity contribution >= 4 is 17.1 Å². The topological polar surface area (TPSA) is 12.5 Å². The molecule has 0 spiro atoms. The molecule has 2 saturated carbocycles. The van der Waals surface area contributed by atoms with E-state index in [1.165, 1.54) is 59.9 Å². The number of fused-ring (bicyclic) bond motifs is 2. The summed E-state index contributed by atoms with van der Waals surface area (Å²) in [6.45, 7) is 6.32. The van der Waals surface area contributed by atoms with Crippen molar-refractivity contribution in [1.29, 1.82) is 0 Å². The highest BCUT2D eigenvalue weighted by Crippen LogP contribution is 2.49. The molecule has 2 bridgehead atoms. The van der Waals surface area contributed by atoms with Gasteiger partial charge >= 0.3 is 0 Å². The molecule has 4 atom stereocenters. The second-order valence-corrected chi connectivity index (χ2v) is 14.6. The minimum absolute atomic E-state index is 0.686. The van der Waals surface area contributed by atoms with Gasteiger partial charge in [0, 0.05) is 17.1 Å². The Bertz CT molecular complexity index is 2070. The van der Waals surface area contributed by atoms with E-state index in [0.29, 0.717) is 5.92 Å². The van der Waals surface area contributed by atoms with Crippen molar-refractivity contribution in [2.45, 2.75) is 45.4 Å². The van der Waals surface area contributed by atoms with Gasteiger partial charge in [-0.05, 0) is 132 Å². The third kappa shape index (κ3) is 7.14. The van der Waals surface area contributed by atoms with Gasteiger partial charge in [0.15, 0.2) is 0 Å². The Morgan fingerprint density at radius 3 is 1.86 bits per heavy atom. The summed E-state index contributed by atoms with van der Waals surface area (Å²) in [7, 11) is 0. The molecule has 0 aliphatic heterocycles. The first kappa shape index (κ1) is 32.8. The average Bonchev–Trinajstić information content (AvgIpc) is 3.18. The number of nitrogens with zero attached hydrogens (tertiary/aromatic N) is 1. The number of aryl methyl sites for hydroxylation is 1. The van der Waals surface area contributed by atoms with Gasteiger partial charge in [-0.3, -0.25) is 0 Å². The number of rotatable bonds is 10. The molecule has 2 aliphatic rings. The summed E-state index contributed by atoms with van der Waals surface area (Å²) in [6.07, 6.45) is 10.00. The maximum Gasteiger partial charge on any atom is 0.130 e. The van der Waals surface area contributed by atoms with Crippen molar-refractivity contribution in [2.75, 3.05) is 4.90 Å². The third-order valence-electron chi connectivity index (χ3n) is 11.4. The van der Waals surface area contributed by atoms with Gasteiger partial charge in [0.1, 0.15) is 11.5 Å². The Morgan fingerprint density at radius 2 is 1.18 bits per heavy atom. The molecule has 0 heterocycles. The quantitative estimate of drug-likeness (QED) is 0.135. The maximum absolute atomic E-state index is 6.80. The average molecular weight is 666 g/mol. The number of benzene rings is 6. The molecule has 2 heteroatoms. The molecular formula is C49H47NO. The molecule has 0 aromatic heterocycles. The molecule has 6 aromatic rings. The number of para-hydroxylation sites is 1. The zero-order valence-corrected chi connectivity index (χ0v) is 29.6. The van der Waals surface area contributed by atoms with Crippen LogP contribution in [-0.2, 0) is 6.42 Å². The van der Waals surface area contributed by atoms with Crippen LogP contribution in [0.15, 0.2) is 164 Å². The first-order valence-corrected chi connectivity index (χ1v) is 18.7. The van der Waals surface area contributed by atoms with Crippen molar-refractivity contribution in [3.8, 4) is 33.8 Å². The second-order valence-electron chi connectivity index (χ2n) is 14.6. The summed E-state index contributed by atoms with van der Waals surface area (Å²) >= 11 is 0. The lowest BCUT2D eigenvalue weighted by molar-refractivity contribution is 0.0698. The van der Waals surface area contributed by atoms with Gasteiger partial charge in [0.25, 0.3) is 0 Å². The van der Waals surface area contributed by atoms with E-state index in [9.17, 15) is 0 Å². The van der Waals surface area contributed by atoms with Gasteiger partial charge in [-0.1, -0.05) is 128 Å². The van der Waals surface area contributed by atoms with E-state index in [1.807, 2.05) is 0 Å². The number of ether oxygens (including phenoxy) is 1. The molecule has 0 N–H and O–H groups in total. The number of allylic oxidation sites excluding steroid dienone is 1. The molecule has 3 unspecified atom stereocenters. The van der Waals surface area contributed by atoms with Gasteiger partial charge in [-0.2, -0.15) is 0 Å². The summed E-state index contributed by atoms with van der Waals surface area (Å²) in [5, 5.41) is 0. The molecular weight excluding hydrogens is 619 g/mol. The largest absolute Gasteiger partial charge is 0.457 e. The first-order valence-electron chi connectivity index (χ1n) is 18.7. The van der Waals surface area contributed by atoms with E-state index >= 15 is 0 Å². The Kier molecular flexibility index (Phi) is 9.58. The van der Waals surface area contributed by atoms with Gasteiger partial charge in [0.05, 0.1) is 0 Å². The fourth-order valence-corrected chi connectivity index (χ4v) is 8.81. The van der Waals surface area contributed by atoms with Gasteiger partial charge in [0.2, 0.25) is 0 Å². The van der Waals surface area contributed by atoms with Crippen molar-refractivity contribution < 1.29 is 4.74 Å². The van der Waals surface area contributed by atoms with Crippen LogP contribution in [0.4, 0.5) is 17.1 Å². The van der Waals surface area contributed by atoms with Gasteiger partial charge < -0.3 is 9.64 Å². The molecule has 254 valence electrons. The molecule has 0 saturated heterocycles. The SMILES string of the molecule is C=CC1CC2CCC[C@@H](C1)C2Cc1ccccc1Oc1ccc(N(c2ccc(-c3ccccc3)cc2)c2cccc(-c3ccccc3)c2)cc1C. The van der Waals surface area contributed by atoms with Crippen molar-refractivity contribution in [3.63, 3.8) is 0 Å². The lowest BCUT2D eigenvalue weighted by Gasteiger charge is -2.45. The Morgan fingerprint density at radius 1 is 0.588 bits per heavy atom. The molecule has 2 aliphatic carbocycles.